The Bertz CT molecular complexity index is 657. The summed E-state index contributed by atoms with van der Waals surface area (Å²) in [7, 11) is 1.67. The minimum atomic E-state index is 0.00218. The number of hydrogen-bond acceptors (Lipinski definition) is 5. The molecule has 3 heterocycles. The van der Waals surface area contributed by atoms with E-state index in [1.807, 2.05) is 28.8 Å². The van der Waals surface area contributed by atoms with Gasteiger partial charge in [0, 0.05) is 39.5 Å². The molecule has 0 aromatic carbocycles. The number of nitrogens with zero attached hydrogens (tertiary/aromatic N) is 4. The highest BCUT2D eigenvalue weighted by molar-refractivity contribution is 5.79. The number of fused-ring (bicyclic) bond motifs is 1. The summed E-state index contributed by atoms with van der Waals surface area (Å²) < 4.78 is 6.97. The van der Waals surface area contributed by atoms with Crippen LogP contribution >= 0.6 is 0 Å². The fourth-order valence-electron chi connectivity index (χ4n) is 2.99. The number of pyridine rings is 1. The van der Waals surface area contributed by atoms with Crippen molar-refractivity contribution in [1.29, 1.82) is 0 Å². The number of hydrogen-bond donors (Lipinski definition) is 1. The van der Waals surface area contributed by atoms with E-state index in [0.717, 1.165) is 37.4 Å². The third-order valence-corrected chi connectivity index (χ3v) is 4.20. The summed E-state index contributed by atoms with van der Waals surface area (Å²) in [4.78, 5) is 14.5. The lowest BCUT2D eigenvalue weighted by Gasteiger charge is -2.31. The molecule has 1 unspecified atom stereocenters. The molecular formula is C16H23N5O2. The third-order valence-electron chi connectivity index (χ3n) is 4.20. The molecule has 1 amide bonds. The lowest BCUT2D eigenvalue weighted by Crippen LogP contribution is -2.44. The molecule has 0 saturated carbocycles. The van der Waals surface area contributed by atoms with Crippen LogP contribution in [-0.2, 0) is 9.53 Å². The molecule has 3 rings (SSSR count). The van der Waals surface area contributed by atoms with Gasteiger partial charge in [-0.25, -0.2) is 0 Å². The highest BCUT2D eigenvalue weighted by Gasteiger charge is 2.27. The van der Waals surface area contributed by atoms with E-state index in [-0.39, 0.29) is 11.8 Å². The quantitative estimate of drug-likeness (QED) is 0.808. The zero-order valence-corrected chi connectivity index (χ0v) is 13.4. The van der Waals surface area contributed by atoms with Gasteiger partial charge in [-0.15, -0.1) is 10.2 Å². The van der Waals surface area contributed by atoms with Crippen molar-refractivity contribution in [3.63, 3.8) is 0 Å². The van der Waals surface area contributed by atoms with Gasteiger partial charge in [-0.1, -0.05) is 6.07 Å². The molecule has 7 heteroatoms. The number of rotatable bonds is 6. The van der Waals surface area contributed by atoms with E-state index < -0.39 is 0 Å². The zero-order valence-electron chi connectivity index (χ0n) is 13.4. The van der Waals surface area contributed by atoms with E-state index >= 15 is 0 Å². The molecule has 1 atom stereocenters. The third kappa shape index (κ3) is 3.61. The number of piperidine rings is 1. The van der Waals surface area contributed by atoms with Crippen molar-refractivity contribution >= 4 is 17.5 Å². The normalized spacial score (nSPS) is 18.3. The average Bonchev–Trinajstić information content (AvgIpc) is 3.03. The molecule has 2 aromatic rings. The molecule has 1 aliphatic heterocycles. The van der Waals surface area contributed by atoms with Crippen molar-refractivity contribution in [3.05, 3.63) is 24.4 Å². The second kappa shape index (κ2) is 7.41. The van der Waals surface area contributed by atoms with Gasteiger partial charge in [-0.2, -0.15) is 0 Å². The maximum Gasteiger partial charge on any atom is 0.231 e. The summed E-state index contributed by atoms with van der Waals surface area (Å²) in [6, 6.07) is 5.84. The SMILES string of the molecule is COCCCNC(=O)C1CCCN(c2nnc3ccccn23)C1. The molecule has 124 valence electrons. The Balaban J connectivity index is 1.63. The molecule has 0 bridgehead atoms. The number of carbonyl (C=O) groups is 1. The second-order valence-corrected chi connectivity index (χ2v) is 5.85. The second-order valence-electron chi connectivity index (χ2n) is 5.85. The Kier molecular flexibility index (Phi) is 5.07. The Labute approximate surface area is 135 Å². The molecule has 1 saturated heterocycles. The summed E-state index contributed by atoms with van der Waals surface area (Å²) in [6.45, 7) is 2.93. The van der Waals surface area contributed by atoms with E-state index in [4.69, 9.17) is 4.74 Å². The van der Waals surface area contributed by atoms with Crippen LogP contribution in [0.1, 0.15) is 19.3 Å². The molecule has 1 N–H and O–H groups in total. The smallest absolute Gasteiger partial charge is 0.231 e. The van der Waals surface area contributed by atoms with Gasteiger partial charge in [0.2, 0.25) is 11.9 Å². The van der Waals surface area contributed by atoms with E-state index in [1.165, 1.54) is 0 Å². The van der Waals surface area contributed by atoms with Gasteiger partial charge < -0.3 is 15.0 Å². The van der Waals surface area contributed by atoms with Crippen LogP contribution in [-0.4, -0.2) is 53.9 Å². The number of nitrogens with one attached hydrogen (secondary N) is 1. The van der Waals surface area contributed by atoms with Gasteiger partial charge in [-0.05, 0) is 31.4 Å². The Morgan fingerprint density at radius 3 is 3.22 bits per heavy atom. The lowest BCUT2D eigenvalue weighted by atomic mass is 9.97. The van der Waals surface area contributed by atoms with Crippen LogP contribution < -0.4 is 10.2 Å². The topological polar surface area (TPSA) is 71.8 Å². The highest BCUT2D eigenvalue weighted by atomic mass is 16.5. The van der Waals surface area contributed by atoms with Gasteiger partial charge in [0.1, 0.15) is 0 Å². The summed E-state index contributed by atoms with van der Waals surface area (Å²) in [5.41, 5.74) is 0.827. The number of anilines is 1. The summed E-state index contributed by atoms with van der Waals surface area (Å²) in [5, 5.41) is 11.5. The van der Waals surface area contributed by atoms with Crippen LogP contribution in [0.2, 0.25) is 0 Å². The minimum Gasteiger partial charge on any atom is -0.385 e. The lowest BCUT2D eigenvalue weighted by molar-refractivity contribution is -0.125. The van der Waals surface area contributed by atoms with Gasteiger partial charge in [-0.3, -0.25) is 9.20 Å². The number of carbonyl (C=O) groups excluding carboxylic acids is 1. The van der Waals surface area contributed by atoms with Crippen molar-refractivity contribution in [2.24, 2.45) is 5.92 Å². The van der Waals surface area contributed by atoms with Crippen LogP contribution in [0.25, 0.3) is 5.65 Å². The minimum absolute atomic E-state index is 0.00218. The molecule has 2 aromatic heterocycles. The average molecular weight is 317 g/mol. The fourth-order valence-corrected chi connectivity index (χ4v) is 2.99. The van der Waals surface area contributed by atoms with E-state index in [0.29, 0.717) is 19.7 Å². The number of amides is 1. The van der Waals surface area contributed by atoms with Gasteiger partial charge in [0.15, 0.2) is 5.65 Å². The maximum absolute atomic E-state index is 12.3. The van der Waals surface area contributed by atoms with E-state index in [1.54, 1.807) is 7.11 Å². The summed E-state index contributed by atoms with van der Waals surface area (Å²) in [5.74, 6) is 0.944. The summed E-state index contributed by atoms with van der Waals surface area (Å²) >= 11 is 0. The molecule has 1 fully saturated rings. The Morgan fingerprint density at radius 1 is 1.43 bits per heavy atom. The highest BCUT2D eigenvalue weighted by Crippen LogP contribution is 2.22. The molecule has 1 aliphatic rings. The Morgan fingerprint density at radius 2 is 2.35 bits per heavy atom. The van der Waals surface area contributed by atoms with Crippen LogP contribution in [0.15, 0.2) is 24.4 Å². The zero-order chi connectivity index (χ0) is 16.1. The first-order valence-corrected chi connectivity index (χ1v) is 8.11. The van der Waals surface area contributed by atoms with Crippen molar-refractivity contribution in [2.75, 3.05) is 38.3 Å². The van der Waals surface area contributed by atoms with Crippen molar-refractivity contribution < 1.29 is 9.53 Å². The molecule has 0 aliphatic carbocycles. The first kappa shape index (κ1) is 15.7. The van der Waals surface area contributed by atoms with Crippen LogP contribution in [0.3, 0.4) is 0 Å². The maximum atomic E-state index is 12.3. The number of ether oxygens (including phenoxy) is 1. The fraction of sp³-hybridized carbons (Fsp3) is 0.562. The van der Waals surface area contributed by atoms with E-state index in [2.05, 4.69) is 20.4 Å². The van der Waals surface area contributed by atoms with Gasteiger partial charge in [0.25, 0.3) is 0 Å². The monoisotopic (exact) mass is 317 g/mol. The van der Waals surface area contributed by atoms with Crippen molar-refractivity contribution in [1.82, 2.24) is 19.9 Å². The van der Waals surface area contributed by atoms with Crippen molar-refractivity contribution in [3.8, 4) is 0 Å². The predicted octanol–water partition coefficient (Wildman–Crippen LogP) is 1.10. The number of methoxy groups -OCH3 is 1. The van der Waals surface area contributed by atoms with Crippen molar-refractivity contribution in [2.45, 2.75) is 19.3 Å². The Hall–Kier alpha value is -2.15. The first-order valence-electron chi connectivity index (χ1n) is 8.11. The van der Waals surface area contributed by atoms with Crippen LogP contribution in [0.4, 0.5) is 5.95 Å². The molecule has 23 heavy (non-hydrogen) atoms. The number of aromatic nitrogens is 3. The largest absolute Gasteiger partial charge is 0.385 e. The standard InChI is InChI=1S/C16H23N5O2/c1-23-11-5-8-17-15(22)13-6-4-9-20(12-13)16-19-18-14-7-2-3-10-21(14)16/h2-3,7,10,13H,4-6,8-9,11-12H2,1H3,(H,17,22). The molecule has 0 spiro atoms. The molecule has 7 nitrogen and oxygen atoms in total. The first-order chi connectivity index (χ1) is 11.3. The van der Waals surface area contributed by atoms with Gasteiger partial charge in [0.05, 0.1) is 5.92 Å². The molecular weight excluding hydrogens is 294 g/mol. The summed E-state index contributed by atoms with van der Waals surface area (Å²) in [6.07, 6.45) is 4.70. The van der Waals surface area contributed by atoms with Crippen LogP contribution in [0.5, 0.6) is 0 Å². The predicted molar refractivity (Wildman–Crippen MR) is 87.4 cm³/mol. The van der Waals surface area contributed by atoms with Crippen LogP contribution in [0, 0.1) is 5.92 Å². The molecule has 0 radical (unpaired) electrons. The van der Waals surface area contributed by atoms with E-state index in [9.17, 15) is 4.79 Å². The van der Waals surface area contributed by atoms with Gasteiger partial charge >= 0.3 is 0 Å².